The molecule has 3 aromatic rings. The number of aromatic nitrogens is 2. The van der Waals surface area contributed by atoms with E-state index < -0.39 is 17.7 Å². The number of hydrogen-bond acceptors (Lipinski definition) is 5. The third kappa shape index (κ3) is 3.44. The van der Waals surface area contributed by atoms with E-state index in [0.717, 1.165) is 17.8 Å². The van der Waals surface area contributed by atoms with Gasteiger partial charge in [-0.2, -0.15) is 13.2 Å². The summed E-state index contributed by atoms with van der Waals surface area (Å²) >= 11 is 0. The number of carbonyl (C=O) groups excluding carboxylic acids is 1. The van der Waals surface area contributed by atoms with Gasteiger partial charge >= 0.3 is 12.1 Å². The van der Waals surface area contributed by atoms with E-state index >= 15 is 0 Å². The lowest BCUT2D eigenvalue weighted by molar-refractivity contribution is -0.137. The standard InChI is InChI=1S/C18H14F3N3O2/c1-10-6-7-13-15(14(17(25)26-2)9-22-16(13)23-10)24-12-5-3-4-11(8-12)18(19,20)21/h3-9H,1-2H3,(H,22,23,24). The molecule has 0 saturated carbocycles. The maximum atomic E-state index is 12.9. The number of aryl methyl sites for hydroxylation is 1. The fourth-order valence-electron chi connectivity index (χ4n) is 2.49. The fraction of sp³-hybridized carbons (Fsp3) is 0.167. The Morgan fingerprint density at radius 1 is 1.19 bits per heavy atom. The number of halogens is 3. The molecule has 2 heterocycles. The third-order valence-electron chi connectivity index (χ3n) is 3.73. The van der Waals surface area contributed by atoms with Crippen molar-refractivity contribution in [2.45, 2.75) is 13.1 Å². The summed E-state index contributed by atoms with van der Waals surface area (Å²) in [5.74, 6) is -0.658. The third-order valence-corrected chi connectivity index (χ3v) is 3.73. The van der Waals surface area contributed by atoms with Gasteiger partial charge in [0.25, 0.3) is 0 Å². The predicted octanol–water partition coefficient (Wildman–Crippen LogP) is 4.49. The molecule has 0 saturated heterocycles. The number of rotatable bonds is 3. The molecule has 26 heavy (non-hydrogen) atoms. The van der Waals surface area contributed by atoms with E-state index in [0.29, 0.717) is 11.0 Å². The topological polar surface area (TPSA) is 64.1 Å². The van der Waals surface area contributed by atoms with Crippen molar-refractivity contribution in [3.05, 3.63) is 59.4 Å². The van der Waals surface area contributed by atoms with Gasteiger partial charge in [-0.15, -0.1) is 0 Å². The molecule has 1 N–H and O–H groups in total. The number of alkyl halides is 3. The summed E-state index contributed by atoms with van der Waals surface area (Å²) in [7, 11) is 1.22. The Morgan fingerprint density at radius 3 is 2.65 bits per heavy atom. The van der Waals surface area contributed by atoms with Crippen LogP contribution >= 0.6 is 0 Å². The van der Waals surface area contributed by atoms with Gasteiger partial charge in [0.2, 0.25) is 0 Å². The van der Waals surface area contributed by atoms with Gasteiger partial charge < -0.3 is 10.1 Å². The van der Waals surface area contributed by atoms with Gasteiger partial charge in [-0.25, -0.2) is 14.8 Å². The zero-order valence-electron chi connectivity index (χ0n) is 13.9. The number of benzene rings is 1. The molecule has 0 spiro atoms. The van der Waals surface area contributed by atoms with Crippen molar-refractivity contribution in [1.82, 2.24) is 9.97 Å². The average molecular weight is 361 g/mol. The van der Waals surface area contributed by atoms with E-state index in [1.54, 1.807) is 19.1 Å². The van der Waals surface area contributed by atoms with Gasteiger partial charge in [-0.05, 0) is 37.3 Å². The number of hydrogen-bond donors (Lipinski definition) is 1. The first kappa shape index (κ1) is 17.7. The molecule has 0 aliphatic heterocycles. The second-order valence-corrected chi connectivity index (χ2v) is 5.57. The lowest BCUT2D eigenvalue weighted by Crippen LogP contribution is -2.09. The minimum atomic E-state index is -4.47. The molecule has 0 aliphatic carbocycles. The average Bonchev–Trinajstić information content (AvgIpc) is 2.60. The van der Waals surface area contributed by atoms with Crippen LogP contribution in [0, 0.1) is 6.92 Å². The second kappa shape index (κ2) is 6.62. The van der Waals surface area contributed by atoms with Crippen molar-refractivity contribution in [2.75, 3.05) is 12.4 Å². The lowest BCUT2D eigenvalue weighted by atomic mass is 10.1. The minimum Gasteiger partial charge on any atom is -0.465 e. The monoisotopic (exact) mass is 361 g/mol. The number of esters is 1. The molecule has 5 nitrogen and oxygen atoms in total. The Bertz CT molecular complexity index is 987. The molecule has 0 amide bonds. The van der Waals surface area contributed by atoms with Crippen LogP contribution in [-0.4, -0.2) is 23.0 Å². The van der Waals surface area contributed by atoms with E-state index in [1.807, 2.05) is 0 Å². The summed E-state index contributed by atoms with van der Waals surface area (Å²) < 4.78 is 43.6. The van der Waals surface area contributed by atoms with Crippen LogP contribution in [-0.2, 0) is 10.9 Å². The lowest BCUT2D eigenvalue weighted by Gasteiger charge is -2.15. The number of ether oxygens (including phenoxy) is 1. The van der Waals surface area contributed by atoms with Gasteiger partial charge in [-0.1, -0.05) is 6.07 Å². The molecule has 0 bridgehead atoms. The zero-order valence-corrected chi connectivity index (χ0v) is 13.9. The highest BCUT2D eigenvalue weighted by Crippen LogP contribution is 2.33. The van der Waals surface area contributed by atoms with Gasteiger partial charge in [0.1, 0.15) is 5.56 Å². The van der Waals surface area contributed by atoms with E-state index in [9.17, 15) is 18.0 Å². The Kier molecular flexibility index (Phi) is 4.50. The van der Waals surface area contributed by atoms with Crippen LogP contribution in [0.4, 0.5) is 24.5 Å². The molecule has 0 fully saturated rings. The van der Waals surface area contributed by atoms with Gasteiger partial charge in [0, 0.05) is 23.0 Å². The van der Waals surface area contributed by atoms with Crippen molar-refractivity contribution in [3.8, 4) is 0 Å². The van der Waals surface area contributed by atoms with Crippen molar-refractivity contribution >= 4 is 28.4 Å². The Labute approximate surface area is 146 Å². The highest BCUT2D eigenvalue weighted by atomic mass is 19.4. The molecular weight excluding hydrogens is 347 g/mol. The first-order valence-electron chi connectivity index (χ1n) is 7.58. The summed E-state index contributed by atoms with van der Waals surface area (Å²) in [6.07, 6.45) is -3.18. The smallest absolute Gasteiger partial charge is 0.416 e. The number of carbonyl (C=O) groups is 1. The van der Waals surface area contributed by atoms with Gasteiger partial charge in [0.15, 0.2) is 5.65 Å². The first-order valence-corrected chi connectivity index (χ1v) is 7.58. The summed E-state index contributed by atoms with van der Waals surface area (Å²) in [4.78, 5) is 20.5. The van der Waals surface area contributed by atoms with Crippen molar-refractivity contribution in [1.29, 1.82) is 0 Å². The fourth-order valence-corrected chi connectivity index (χ4v) is 2.49. The largest absolute Gasteiger partial charge is 0.465 e. The Balaban J connectivity index is 2.15. The molecular formula is C18H14F3N3O2. The van der Waals surface area contributed by atoms with Crippen LogP contribution in [0.25, 0.3) is 11.0 Å². The molecule has 3 rings (SSSR count). The number of nitrogens with one attached hydrogen (secondary N) is 1. The van der Waals surface area contributed by atoms with Gasteiger partial charge in [0.05, 0.1) is 18.4 Å². The maximum Gasteiger partial charge on any atom is 0.416 e. The molecule has 1 aromatic carbocycles. The number of pyridine rings is 2. The molecule has 0 unspecified atom stereocenters. The van der Waals surface area contributed by atoms with Crippen molar-refractivity contribution in [3.63, 3.8) is 0 Å². The zero-order chi connectivity index (χ0) is 18.9. The van der Waals surface area contributed by atoms with Crippen LogP contribution in [0.1, 0.15) is 21.6 Å². The number of anilines is 2. The maximum absolute atomic E-state index is 12.9. The quantitative estimate of drug-likeness (QED) is 0.697. The summed E-state index contributed by atoms with van der Waals surface area (Å²) in [6, 6.07) is 8.13. The van der Waals surface area contributed by atoms with E-state index in [4.69, 9.17) is 4.74 Å². The second-order valence-electron chi connectivity index (χ2n) is 5.57. The highest BCUT2D eigenvalue weighted by molar-refractivity contribution is 6.05. The molecule has 0 aliphatic rings. The molecule has 8 heteroatoms. The van der Waals surface area contributed by atoms with Crippen molar-refractivity contribution < 1.29 is 22.7 Å². The predicted molar refractivity (Wildman–Crippen MR) is 90.3 cm³/mol. The van der Waals surface area contributed by atoms with Crippen LogP contribution in [0.5, 0.6) is 0 Å². The molecule has 0 atom stereocenters. The molecule has 134 valence electrons. The van der Waals surface area contributed by atoms with Crippen LogP contribution < -0.4 is 5.32 Å². The van der Waals surface area contributed by atoms with E-state index in [1.165, 1.54) is 25.4 Å². The van der Waals surface area contributed by atoms with Crippen LogP contribution in [0.2, 0.25) is 0 Å². The first-order chi connectivity index (χ1) is 12.3. The normalized spacial score (nSPS) is 11.4. The van der Waals surface area contributed by atoms with Crippen molar-refractivity contribution in [2.24, 2.45) is 0 Å². The molecule has 0 radical (unpaired) electrons. The SMILES string of the molecule is COC(=O)c1cnc2nc(C)ccc2c1Nc1cccc(C(F)(F)F)c1. The number of nitrogens with zero attached hydrogens (tertiary/aromatic N) is 2. The van der Waals surface area contributed by atoms with Crippen LogP contribution in [0.3, 0.4) is 0 Å². The number of methoxy groups -OCH3 is 1. The highest BCUT2D eigenvalue weighted by Gasteiger charge is 2.30. The minimum absolute atomic E-state index is 0.100. The Morgan fingerprint density at radius 2 is 1.96 bits per heavy atom. The van der Waals surface area contributed by atoms with Crippen LogP contribution in [0.15, 0.2) is 42.6 Å². The summed E-state index contributed by atoms with van der Waals surface area (Å²) in [5, 5.41) is 3.38. The summed E-state index contributed by atoms with van der Waals surface area (Å²) in [5.41, 5.74) is 0.859. The summed E-state index contributed by atoms with van der Waals surface area (Å²) in [6.45, 7) is 1.79. The Hall–Kier alpha value is -3.16. The number of fused-ring (bicyclic) bond motifs is 1. The van der Waals surface area contributed by atoms with E-state index in [-0.39, 0.29) is 16.9 Å². The van der Waals surface area contributed by atoms with E-state index in [2.05, 4.69) is 15.3 Å². The molecule has 2 aromatic heterocycles. The van der Waals surface area contributed by atoms with Gasteiger partial charge in [-0.3, -0.25) is 0 Å².